The van der Waals surface area contributed by atoms with Crippen molar-refractivity contribution in [1.82, 2.24) is 0 Å². The van der Waals surface area contributed by atoms with E-state index in [9.17, 15) is 4.79 Å². The van der Waals surface area contributed by atoms with Crippen LogP contribution < -0.4 is 0 Å². The van der Waals surface area contributed by atoms with Crippen LogP contribution in [0.3, 0.4) is 0 Å². The molecule has 0 aromatic carbocycles. The van der Waals surface area contributed by atoms with Gasteiger partial charge in [0.2, 0.25) is 0 Å². The van der Waals surface area contributed by atoms with E-state index in [-0.39, 0.29) is 11.9 Å². The van der Waals surface area contributed by atoms with Crippen molar-refractivity contribution < 1.29 is 9.53 Å². The number of methoxy groups -OCH3 is 1. The SMILES string of the molecule is C=CC(C)/C(=C\CCC)CC(=O)OC. The van der Waals surface area contributed by atoms with Crippen molar-refractivity contribution in [3.63, 3.8) is 0 Å². The molecule has 0 aliphatic carbocycles. The van der Waals surface area contributed by atoms with Gasteiger partial charge in [0.05, 0.1) is 13.5 Å². The maximum Gasteiger partial charge on any atom is 0.309 e. The quantitative estimate of drug-likeness (QED) is 0.482. The molecule has 0 aliphatic heterocycles. The van der Waals surface area contributed by atoms with Crippen LogP contribution in [0.25, 0.3) is 0 Å². The van der Waals surface area contributed by atoms with Crippen LogP contribution in [0, 0.1) is 5.92 Å². The molecule has 0 radical (unpaired) electrons. The Morgan fingerprint density at radius 2 is 2.21 bits per heavy atom. The number of hydrogen-bond donors (Lipinski definition) is 0. The van der Waals surface area contributed by atoms with E-state index < -0.39 is 0 Å². The zero-order valence-electron chi connectivity index (χ0n) is 9.38. The first-order valence-electron chi connectivity index (χ1n) is 5.04. The number of esters is 1. The Labute approximate surface area is 86.6 Å². The Morgan fingerprint density at radius 1 is 1.57 bits per heavy atom. The molecule has 0 aromatic heterocycles. The summed E-state index contributed by atoms with van der Waals surface area (Å²) in [6.45, 7) is 7.88. The maximum atomic E-state index is 11.1. The molecule has 0 amide bonds. The first-order valence-corrected chi connectivity index (χ1v) is 5.04. The number of allylic oxidation sites excluding steroid dienone is 2. The molecule has 0 rings (SSSR count). The molecule has 0 bridgehead atoms. The fraction of sp³-hybridized carbons (Fsp3) is 0.583. The van der Waals surface area contributed by atoms with Gasteiger partial charge in [0.25, 0.3) is 0 Å². The van der Waals surface area contributed by atoms with Crippen LogP contribution in [0.2, 0.25) is 0 Å². The lowest BCUT2D eigenvalue weighted by atomic mass is 9.97. The smallest absolute Gasteiger partial charge is 0.309 e. The lowest BCUT2D eigenvalue weighted by Crippen LogP contribution is -2.06. The molecule has 14 heavy (non-hydrogen) atoms. The number of unbranched alkanes of at least 4 members (excludes halogenated alkanes) is 1. The highest BCUT2D eigenvalue weighted by atomic mass is 16.5. The van der Waals surface area contributed by atoms with Gasteiger partial charge in [-0.05, 0) is 12.3 Å². The van der Waals surface area contributed by atoms with Gasteiger partial charge in [0.15, 0.2) is 0 Å². The van der Waals surface area contributed by atoms with E-state index in [1.54, 1.807) is 0 Å². The molecular formula is C12H20O2. The van der Waals surface area contributed by atoms with Gasteiger partial charge in [-0.2, -0.15) is 0 Å². The highest BCUT2D eigenvalue weighted by Crippen LogP contribution is 2.17. The van der Waals surface area contributed by atoms with E-state index in [0.29, 0.717) is 6.42 Å². The average molecular weight is 196 g/mol. The molecule has 0 aliphatic rings. The van der Waals surface area contributed by atoms with Crippen LogP contribution in [0.15, 0.2) is 24.3 Å². The molecule has 0 fully saturated rings. The molecule has 0 spiro atoms. The Hall–Kier alpha value is -1.05. The number of carbonyl (C=O) groups is 1. The summed E-state index contributed by atoms with van der Waals surface area (Å²) < 4.78 is 4.64. The van der Waals surface area contributed by atoms with E-state index in [1.165, 1.54) is 7.11 Å². The second kappa shape index (κ2) is 7.36. The van der Waals surface area contributed by atoms with Crippen LogP contribution >= 0.6 is 0 Å². The van der Waals surface area contributed by atoms with Gasteiger partial charge < -0.3 is 4.74 Å². The van der Waals surface area contributed by atoms with Gasteiger partial charge >= 0.3 is 5.97 Å². The Balaban J connectivity index is 4.39. The van der Waals surface area contributed by atoms with Crippen molar-refractivity contribution in [3.05, 3.63) is 24.3 Å². The zero-order chi connectivity index (χ0) is 11.0. The largest absolute Gasteiger partial charge is 0.469 e. The summed E-state index contributed by atoms with van der Waals surface area (Å²) >= 11 is 0. The van der Waals surface area contributed by atoms with Crippen molar-refractivity contribution in [2.24, 2.45) is 5.92 Å². The summed E-state index contributed by atoms with van der Waals surface area (Å²) in [5.74, 6) is 0.0710. The predicted molar refractivity (Wildman–Crippen MR) is 59.0 cm³/mol. The van der Waals surface area contributed by atoms with Gasteiger partial charge in [-0.3, -0.25) is 4.79 Å². The molecule has 1 atom stereocenters. The minimum Gasteiger partial charge on any atom is -0.469 e. The Kier molecular flexibility index (Phi) is 6.81. The second-order valence-corrected chi connectivity index (χ2v) is 3.35. The van der Waals surface area contributed by atoms with Crippen molar-refractivity contribution in [1.29, 1.82) is 0 Å². The Bertz CT molecular complexity index is 216. The molecular weight excluding hydrogens is 176 g/mol. The van der Waals surface area contributed by atoms with Crippen molar-refractivity contribution in [2.45, 2.75) is 33.1 Å². The van der Waals surface area contributed by atoms with Crippen LogP contribution in [-0.2, 0) is 9.53 Å². The first-order chi connectivity index (χ1) is 6.65. The molecule has 1 unspecified atom stereocenters. The summed E-state index contributed by atoms with van der Waals surface area (Å²) in [5, 5.41) is 0. The van der Waals surface area contributed by atoms with Crippen LogP contribution in [0.1, 0.15) is 33.1 Å². The minimum atomic E-state index is -0.180. The van der Waals surface area contributed by atoms with Crippen molar-refractivity contribution in [2.75, 3.05) is 7.11 Å². The number of hydrogen-bond acceptors (Lipinski definition) is 2. The van der Waals surface area contributed by atoms with E-state index >= 15 is 0 Å². The summed E-state index contributed by atoms with van der Waals surface area (Å²) in [6, 6.07) is 0. The van der Waals surface area contributed by atoms with Crippen molar-refractivity contribution >= 4 is 5.97 Å². The lowest BCUT2D eigenvalue weighted by molar-refractivity contribution is -0.139. The highest BCUT2D eigenvalue weighted by Gasteiger charge is 2.09. The third-order valence-electron chi connectivity index (χ3n) is 2.21. The molecule has 0 N–H and O–H groups in total. The van der Waals surface area contributed by atoms with Crippen LogP contribution in [-0.4, -0.2) is 13.1 Å². The van der Waals surface area contributed by atoms with E-state index in [2.05, 4.69) is 24.3 Å². The number of carbonyl (C=O) groups excluding carboxylic acids is 1. The third-order valence-corrected chi connectivity index (χ3v) is 2.21. The fourth-order valence-electron chi connectivity index (χ4n) is 1.14. The predicted octanol–water partition coefficient (Wildman–Crippen LogP) is 3.10. The molecule has 0 heterocycles. The van der Waals surface area contributed by atoms with Crippen molar-refractivity contribution in [3.8, 4) is 0 Å². The summed E-state index contributed by atoms with van der Waals surface area (Å²) in [7, 11) is 1.42. The summed E-state index contributed by atoms with van der Waals surface area (Å²) in [5.41, 5.74) is 1.11. The molecule has 0 saturated carbocycles. The monoisotopic (exact) mass is 196 g/mol. The maximum absolute atomic E-state index is 11.1. The topological polar surface area (TPSA) is 26.3 Å². The summed E-state index contributed by atoms with van der Waals surface area (Å²) in [4.78, 5) is 11.1. The van der Waals surface area contributed by atoms with Gasteiger partial charge in [-0.1, -0.05) is 38.0 Å². The van der Waals surface area contributed by atoms with Crippen LogP contribution in [0.4, 0.5) is 0 Å². The van der Waals surface area contributed by atoms with Gasteiger partial charge in [0, 0.05) is 0 Å². The zero-order valence-corrected chi connectivity index (χ0v) is 9.38. The van der Waals surface area contributed by atoms with Gasteiger partial charge in [0.1, 0.15) is 0 Å². The lowest BCUT2D eigenvalue weighted by Gasteiger charge is -2.10. The molecule has 0 saturated heterocycles. The third kappa shape index (κ3) is 4.85. The minimum absolute atomic E-state index is 0.180. The molecule has 2 nitrogen and oxygen atoms in total. The first kappa shape index (κ1) is 12.9. The normalized spacial score (nSPS) is 13.5. The van der Waals surface area contributed by atoms with E-state index in [0.717, 1.165) is 18.4 Å². The fourth-order valence-corrected chi connectivity index (χ4v) is 1.14. The van der Waals surface area contributed by atoms with E-state index in [4.69, 9.17) is 0 Å². The van der Waals surface area contributed by atoms with Crippen LogP contribution in [0.5, 0.6) is 0 Å². The van der Waals surface area contributed by atoms with E-state index in [1.807, 2.05) is 13.0 Å². The number of rotatable bonds is 6. The average Bonchev–Trinajstić information content (AvgIpc) is 2.22. The highest BCUT2D eigenvalue weighted by molar-refractivity contribution is 5.72. The molecule has 0 aromatic rings. The molecule has 2 heteroatoms. The Morgan fingerprint density at radius 3 is 2.64 bits per heavy atom. The standard InChI is InChI=1S/C12H20O2/c1-5-7-8-11(10(3)6-2)9-12(13)14-4/h6,8,10H,2,5,7,9H2,1,3-4H3/b11-8-. The molecule has 80 valence electrons. The summed E-state index contributed by atoms with van der Waals surface area (Å²) in [6.07, 6.45) is 6.44. The van der Waals surface area contributed by atoms with Gasteiger partial charge in [-0.25, -0.2) is 0 Å². The number of ether oxygens (including phenoxy) is 1. The van der Waals surface area contributed by atoms with Gasteiger partial charge in [-0.15, -0.1) is 6.58 Å². The second-order valence-electron chi connectivity index (χ2n) is 3.35.